The van der Waals surface area contributed by atoms with E-state index >= 15 is 0 Å². The molecule has 8 heavy (non-hydrogen) atoms. The summed E-state index contributed by atoms with van der Waals surface area (Å²) < 4.78 is 0. The van der Waals surface area contributed by atoms with Gasteiger partial charge in [-0.05, 0) is 18.8 Å². The third-order valence-corrected chi connectivity index (χ3v) is 1.01. The van der Waals surface area contributed by atoms with E-state index in [0.29, 0.717) is 0 Å². The molecule has 46 valence electrons. The predicted molar refractivity (Wildman–Crippen MR) is 41.5 cm³/mol. The molecule has 0 fully saturated rings. The van der Waals surface area contributed by atoms with Crippen molar-refractivity contribution in [3.05, 3.63) is 11.6 Å². The van der Waals surface area contributed by atoms with Gasteiger partial charge in [-0.1, -0.05) is 6.92 Å². The van der Waals surface area contributed by atoms with Crippen LogP contribution in [0.3, 0.4) is 0 Å². The van der Waals surface area contributed by atoms with E-state index in [4.69, 9.17) is 0 Å². The van der Waals surface area contributed by atoms with Crippen LogP contribution in [0.25, 0.3) is 0 Å². The summed E-state index contributed by atoms with van der Waals surface area (Å²) in [5, 5.41) is 1.62. The first-order valence-electron chi connectivity index (χ1n) is 2.63. The van der Waals surface area contributed by atoms with E-state index in [1.165, 1.54) is 0 Å². The summed E-state index contributed by atoms with van der Waals surface area (Å²) in [7, 11) is 0. The van der Waals surface area contributed by atoms with Crippen molar-refractivity contribution in [1.29, 1.82) is 0 Å². The fraction of sp³-hybridized carbons (Fsp3) is 0.500. The number of thiol groups is 1. The molecule has 0 saturated carbocycles. The van der Waals surface area contributed by atoms with Crippen LogP contribution in [0.5, 0.6) is 0 Å². The van der Waals surface area contributed by atoms with E-state index in [-0.39, 0.29) is 0 Å². The molecule has 0 amide bonds. The largest absolute Gasteiger partial charge is 0.265 e. The van der Waals surface area contributed by atoms with E-state index in [1.54, 1.807) is 11.6 Å². The van der Waals surface area contributed by atoms with Crippen molar-refractivity contribution >= 4 is 18.3 Å². The molecule has 0 bridgehead atoms. The van der Waals surface area contributed by atoms with Crippen LogP contribution in [0.15, 0.2) is 16.6 Å². The number of nitrogens with zero attached hydrogens (tertiary/aromatic N) is 1. The first-order valence-corrected chi connectivity index (χ1v) is 3.15. The Labute approximate surface area is 55.9 Å². The van der Waals surface area contributed by atoms with Crippen molar-refractivity contribution in [3.63, 3.8) is 0 Å². The molecule has 0 radical (unpaired) electrons. The second-order valence-electron chi connectivity index (χ2n) is 1.52. The van der Waals surface area contributed by atoms with E-state index < -0.39 is 0 Å². The normalized spacial score (nSPS) is 13.1. The summed E-state index contributed by atoms with van der Waals surface area (Å²) in [6, 6.07) is 0. The summed E-state index contributed by atoms with van der Waals surface area (Å²) >= 11 is 3.85. The Bertz CT molecular complexity index is 105. The molecule has 0 saturated heterocycles. The van der Waals surface area contributed by atoms with Gasteiger partial charge in [0.1, 0.15) is 0 Å². The minimum absolute atomic E-state index is 1.01. The van der Waals surface area contributed by atoms with Gasteiger partial charge in [0.05, 0.1) is 0 Å². The van der Waals surface area contributed by atoms with Gasteiger partial charge in [0, 0.05) is 11.9 Å². The molecule has 0 heterocycles. The second kappa shape index (κ2) is 4.91. The summed E-state index contributed by atoms with van der Waals surface area (Å²) in [6.45, 7) is 4.07. The van der Waals surface area contributed by atoms with Crippen LogP contribution in [0.2, 0.25) is 0 Å². The first-order chi connectivity index (χ1) is 3.81. The van der Waals surface area contributed by atoms with Gasteiger partial charge in [0.2, 0.25) is 0 Å². The maximum absolute atomic E-state index is 4.02. The topological polar surface area (TPSA) is 12.4 Å². The first kappa shape index (κ1) is 7.76. The molecule has 0 N–H and O–H groups in total. The summed E-state index contributed by atoms with van der Waals surface area (Å²) in [6.07, 6.45) is 2.69. The molecule has 2 heteroatoms. The van der Waals surface area contributed by atoms with E-state index in [2.05, 4.69) is 24.5 Å². The van der Waals surface area contributed by atoms with Crippen LogP contribution in [-0.2, 0) is 0 Å². The lowest BCUT2D eigenvalue weighted by atomic mass is 10.3. The monoisotopic (exact) mass is 129 g/mol. The molecule has 0 aliphatic carbocycles. The van der Waals surface area contributed by atoms with Crippen LogP contribution in [0, 0.1) is 0 Å². The SMILES string of the molecule is CCC(C)=N/C=C\S. The number of hydrogen-bond donors (Lipinski definition) is 1. The number of rotatable bonds is 2. The molecule has 1 nitrogen and oxygen atoms in total. The van der Waals surface area contributed by atoms with Crippen molar-refractivity contribution in [1.82, 2.24) is 0 Å². The van der Waals surface area contributed by atoms with Gasteiger partial charge in [-0.2, -0.15) is 0 Å². The van der Waals surface area contributed by atoms with E-state index in [9.17, 15) is 0 Å². The highest BCUT2D eigenvalue weighted by molar-refractivity contribution is 7.83. The van der Waals surface area contributed by atoms with Gasteiger partial charge in [0.15, 0.2) is 0 Å². The van der Waals surface area contributed by atoms with Gasteiger partial charge >= 0.3 is 0 Å². The van der Waals surface area contributed by atoms with Crippen molar-refractivity contribution in [2.45, 2.75) is 20.3 Å². The maximum Gasteiger partial charge on any atom is 0.0327 e. The quantitative estimate of drug-likeness (QED) is 0.434. The summed E-state index contributed by atoms with van der Waals surface area (Å²) in [5.41, 5.74) is 1.13. The molecule has 0 aromatic rings. The average molecular weight is 129 g/mol. The zero-order valence-electron chi connectivity index (χ0n) is 5.26. The van der Waals surface area contributed by atoms with Crippen LogP contribution >= 0.6 is 12.6 Å². The number of aliphatic imine (C=N–C) groups is 1. The molecule has 0 aromatic heterocycles. The van der Waals surface area contributed by atoms with E-state index in [1.807, 2.05) is 6.92 Å². The van der Waals surface area contributed by atoms with E-state index in [0.717, 1.165) is 12.1 Å². The predicted octanol–water partition coefficient (Wildman–Crippen LogP) is 2.26. The number of hydrogen-bond acceptors (Lipinski definition) is 2. The molecule has 0 aromatic carbocycles. The lowest BCUT2D eigenvalue weighted by Crippen LogP contribution is -1.82. The third-order valence-electron chi connectivity index (χ3n) is 0.873. The van der Waals surface area contributed by atoms with Gasteiger partial charge in [-0.3, -0.25) is 4.99 Å². The van der Waals surface area contributed by atoms with Crippen LogP contribution in [0.1, 0.15) is 20.3 Å². The molecule has 0 unspecified atom stereocenters. The molecular weight excluding hydrogens is 118 g/mol. The zero-order valence-corrected chi connectivity index (χ0v) is 6.15. The molecule has 0 atom stereocenters. The second-order valence-corrected chi connectivity index (χ2v) is 1.81. The van der Waals surface area contributed by atoms with Crippen LogP contribution < -0.4 is 0 Å². The summed E-state index contributed by atoms with van der Waals surface area (Å²) in [4.78, 5) is 4.02. The van der Waals surface area contributed by atoms with Crippen molar-refractivity contribution in [2.75, 3.05) is 0 Å². The molecule has 0 spiro atoms. The van der Waals surface area contributed by atoms with Crippen molar-refractivity contribution in [3.8, 4) is 0 Å². The Morgan fingerprint density at radius 2 is 2.38 bits per heavy atom. The van der Waals surface area contributed by atoms with Gasteiger partial charge in [-0.25, -0.2) is 0 Å². The molecule has 0 rings (SSSR count). The Balaban J connectivity index is 3.57. The summed E-state index contributed by atoms with van der Waals surface area (Å²) in [5.74, 6) is 0. The van der Waals surface area contributed by atoms with Crippen molar-refractivity contribution in [2.24, 2.45) is 4.99 Å². The zero-order chi connectivity index (χ0) is 6.41. The highest BCUT2D eigenvalue weighted by Gasteiger charge is 1.77. The Morgan fingerprint density at radius 3 is 2.75 bits per heavy atom. The van der Waals surface area contributed by atoms with Crippen LogP contribution in [0.4, 0.5) is 0 Å². The van der Waals surface area contributed by atoms with Gasteiger partial charge in [0.25, 0.3) is 0 Å². The van der Waals surface area contributed by atoms with Gasteiger partial charge in [-0.15, -0.1) is 12.6 Å². The highest BCUT2D eigenvalue weighted by Crippen LogP contribution is 1.85. The maximum atomic E-state index is 4.02. The van der Waals surface area contributed by atoms with Crippen molar-refractivity contribution < 1.29 is 0 Å². The lowest BCUT2D eigenvalue weighted by Gasteiger charge is -1.85. The average Bonchev–Trinajstić information content (AvgIpc) is 1.83. The Morgan fingerprint density at radius 1 is 1.75 bits per heavy atom. The van der Waals surface area contributed by atoms with Gasteiger partial charge < -0.3 is 0 Å². The minimum Gasteiger partial charge on any atom is -0.265 e. The lowest BCUT2D eigenvalue weighted by molar-refractivity contribution is 1.25. The molecule has 0 aliphatic rings. The Kier molecular flexibility index (Phi) is 4.76. The fourth-order valence-electron chi connectivity index (χ4n) is 0.252. The highest BCUT2D eigenvalue weighted by atomic mass is 32.1. The smallest absolute Gasteiger partial charge is 0.0327 e. The minimum atomic E-state index is 1.01. The molecule has 0 aliphatic heterocycles. The standard InChI is InChI=1S/C6H11NS/c1-3-6(2)7-4-5-8/h4-5,8H,3H2,1-2H3/b5-4-,7-6?. The van der Waals surface area contributed by atoms with Crippen LogP contribution in [-0.4, -0.2) is 5.71 Å². The third kappa shape index (κ3) is 3.93. The molecular formula is C6H11NS. The fourth-order valence-corrected chi connectivity index (χ4v) is 0.319. The Hall–Kier alpha value is -0.240.